The molecule has 1 aliphatic rings. The molecule has 0 aromatic rings. The largest absolute Gasteiger partial charge is 0.342 e. The topological polar surface area (TPSA) is 104 Å². The lowest BCUT2D eigenvalue weighted by atomic mass is 10.2. The van der Waals surface area contributed by atoms with Crippen molar-refractivity contribution in [3.8, 4) is 0 Å². The van der Waals surface area contributed by atoms with Gasteiger partial charge >= 0.3 is 10.1 Å². The van der Waals surface area contributed by atoms with Crippen molar-refractivity contribution in [1.82, 2.24) is 9.80 Å². The SMILES string of the molecule is CCN1CC([N+](=O)[O-])=C(C)N(C)C1S(=O)(=O)O. The molecule has 1 aliphatic heterocycles. The van der Waals surface area contributed by atoms with Crippen molar-refractivity contribution in [3.05, 3.63) is 21.5 Å². The van der Waals surface area contributed by atoms with E-state index in [1.807, 2.05) is 0 Å². The van der Waals surface area contributed by atoms with Crippen LogP contribution in [0.1, 0.15) is 13.8 Å². The molecule has 98 valence electrons. The van der Waals surface area contributed by atoms with Crippen LogP contribution in [0.4, 0.5) is 0 Å². The number of nitrogens with zero attached hydrogens (tertiary/aromatic N) is 3. The summed E-state index contributed by atoms with van der Waals surface area (Å²) < 4.78 is 31.7. The van der Waals surface area contributed by atoms with Crippen LogP contribution in [0.3, 0.4) is 0 Å². The maximum absolute atomic E-state index is 11.3. The molecule has 1 heterocycles. The van der Waals surface area contributed by atoms with E-state index in [0.717, 1.165) is 0 Å². The fourth-order valence-electron chi connectivity index (χ4n) is 1.85. The standard InChI is InChI=1S/C8H15N3O5S/c1-4-10-5-7(11(12)13)6(2)9(3)8(10)17(14,15)16/h8H,4-5H2,1-3H3,(H,14,15,16). The molecular weight excluding hydrogens is 250 g/mol. The molecule has 0 bridgehead atoms. The maximum atomic E-state index is 11.3. The van der Waals surface area contributed by atoms with Crippen LogP contribution in [-0.4, -0.2) is 53.3 Å². The van der Waals surface area contributed by atoms with Crippen molar-refractivity contribution in [3.63, 3.8) is 0 Å². The summed E-state index contributed by atoms with van der Waals surface area (Å²) in [7, 11) is -2.92. The molecule has 8 nitrogen and oxygen atoms in total. The van der Waals surface area contributed by atoms with Gasteiger partial charge in [0.25, 0.3) is 5.70 Å². The van der Waals surface area contributed by atoms with E-state index in [4.69, 9.17) is 4.55 Å². The molecule has 0 amide bonds. The average Bonchev–Trinajstić information content (AvgIpc) is 2.19. The van der Waals surface area contributed by atoms with Crippen LogP contribution < -0.4 is 0 Å². The highest BCUT2D eigenvalue weighted by atomic mass is 32.2. The summed E-state index contributed by atoms with van der Waals surface area (Å²) in [5, 5.41) is 10.8. The van der Waals surface area contributed by atoms with Crippen LogP contribution in [0.2, 0.25) is 0 Å². The molecule has 0 aromatic heterocycles. The number of allylic oxidation sites excluding steroid dienone is 1. The van der Waals surface area contributed by atoms with Gasteiger partial charge < -0.3 is 4.90 Å². The monoisotopic (exact) mass is 265 g/mol. The number of hydrogen-bond acceptors (Lipinski definition) is 6. The second kappa shape index (κ2) is 4.59. The molecule has 1 N–H and O–H groups in total. The first-order chi connectivity index (χ1) is 7.70. The summed E-state index contributed by atoms with van der Waals surface area (Å²) in [6, 6.07) is 0. The van der Waals surface area contributed by atoms with Crippen LogP contribution in [-0.2, 0) is 10.1 Å². The normalized spacial score (nSPS) is 23.1. The van der Waals surface area contributed by atoms with E-state index >= 15 is 0 Å². The summed E-state index contributed by atoms with van der Waals surface area (Å²) in [5.74, 6) is 0. The molecule has 17 heavy (non-hydrogen) atoms. The lowest BCUT2D eigenvalue weighted by molar-refractivity contribution is -0.432. The highest BCUT2D eigenvalue weighted by molar-refractivity contribution is 7.86. The van der Waals surface area contributed by atoms with Crippen LogP contribution >= 0.6 is 0 Å². The van der Waals surface area contributed by atoms with Crippen molar-refractivity contribution < 1.29 is 17.9 Å². The van der Waals surface area contributed by atoms with E-state index < -0.39 is 20.5 Å². The predicted molar refractivity (Wildman–Crippen MR) is 60.0 cm³/mol. The predicted octanol–water partition coefficient (Wildman–Crippen LogP) is -0.0667. The van der Waals surface area contributed by atoms with Crippen molar-refractivity contribution in [2.75, 3.05) is 20.1 Å². The average molecular weight is 265 g/mol. The minimum Gasteiger partial charge on any atom is -0.342 e. The molecule has 0 spiro atoms. The molecule has 0 radical (unpaired) electrons. The van der Waals surface area contributed by atoms with Crippen molar-refractivity contribution in [2.45, 2.75) is 19.3 Å². The van der Waals surface area contributed by atoms with Gasteiger partial charge in [0.15, 0.2) is 0 Å². The Morgan fingerprint density at radius 1 is 1.59 bits per heavy atom. The Kier molecular flexibility index (Phi) is 3.74. The van der Waals surface area contributed by atoms with Gasteiger partial charge in [0.05, 0.1) is 17.2 Å². The van der Waals surface area contributed by atoms with Gasteiger partial charge in [-0.25, -0.2) is 0 Å². The highest BCUT2D eigenvalue weighted by Crippen LogP contribution is 2.25. The zero-order valence-electron chi connectivity index (χ0n) is 9.82. The lowest BCUT2D eigenvalue weighted by Gasteiger charge is -2.39. The van der Waals surface area contributed by atoms with E-state index in [0.29, 0.717) is 0 Å². The minimum atomic E-state index is -4.32. The van der Waals surface area contributed by atoms with Crippen molar-refractivity contribution in [2.24, 2.45) is 0 Å². The summed E-state index contributed by atoms with van der Waals surface area (Å²) in [6.07, 6.45) is 0. The summed E-state index contributed by atoms with van der Waals surface area (Å²) in [6.45, 7) is 3.30. The third-order valence-corrected chi connectivity index (χ3v) is 3.98. The van der Waals surface area contributed by atoms with Crippen molar-refractivity contribution in [1.29, 1.82) is 0 Å². The Labute approximate surface area is 99.4 Å². The summed E-state index contributed by atoms with van der Waals surface area (Å²) in [4.78, 5) is 12.8. The van der Waals surface area contributed by atoms with E-state index in [2.05, 4.69) is 0 Å². The Balaban J connectivity index is 3.27. The summed E-state index contributed by atoms with van der Waals surface area (Å²) in [5.41, 5.74) is -1.09. The minimum absolute atomic E-state index is 0.0609. The van der Waals surface area contributed by atoms with Gasteiger partial charge in [0.1, 0.15) is 0 Å². The van der Waals surface area contributed by atoms with Gasteiger partial charge in [0.2, 0.25) is 5.50 Å². The van der Waals surface area contributed by atoms with Gasteiger partial charge in [-0.15, -0.1) is 0 Å². The molecule has 0 aliphatic carbocycles. The molecule has 0 saturated carbocycles. The number of likely N-dealkylation sites (N-methyl/N-ethyl adjacent to an activating group) is 1. The molecule has 9 heteroatoms. The van der Waals surface area contributed by atoms with Crippen LogP contribution in [0, 0.1) is 10.1 Å². The van der Waals surface area contributed by atoms with E-state index in [-0.39, 0.29) is 24.5 Å². The van der Waals surface area contributed by atoms with Crippen LogP contribution in [0.5, 0.6) is 0 Å². The fourth-order valence-corrected chi connectivity index (χ4v) is 3.00. The summed E-state index contributed by atoms with van der Waals surface area (Å²) >= 11 is 0. The van der Waals surface area contributed by atoms with Gasteiger partial charge in [-0.2, -0.15) is 8.42 Å². The number of hydrogen-bond donors (Lipinski definition) is 1. The first kappa shape index (κ1) is 13.9. The fraction of sp³-hybridized carbons (Fsp3) is 0.750. The molecule has 1 unspecified atom stereocenters. The molecular formula is C8H15N3O5S. The van der Waals surface area contributed by atoms with Gasteiger partial charge in [-0.05, 0) is 13.5 Å². The van der Waals surface area contributed by atoms with E-state index in [9.17, 15) is 18.5 Å². The quantitative estimate of drug-likeness (QED) is 0.433. The van der Waals surface area contributed by atoms with E-state index in [1.54, 1.807) is 6.92 Å². The Morgan fingerprint density at radius 3 is 2.47 bits per heavy atom. The van der Waals surface area contributed by atoms with Gasteiger partial charge in [-0.1, -0.05) is 6.92 Å². The van der Waals surface area contributed by atoms with E-state index in [1.165, 1.54) is 23.8 Å². The first-order valence-corrected chi connectivity index (χ1v) is 6.47. The molecule has 0 aromatic carbocycles. The lowest BCUT2D eigenvalue weighted by Crippen LogP contribution is -2.55. The molecule has 0 fully saturated rings. The molecule has 1 rings (SSSR count). The second-order valence-electron chi connectivity index (χ2n) is 3.80. The molecule has 1 atom stereocenters. The zero-order chi connectivity index (χ0) is 13.4. The van der Waals surface area contributed by atoms with Crippen LogP contribution in [0.25, 0.3) is 0 Å². The second-order valence-corrected chi connectivity index (χ2v) is 5.26. The zero-order valence-corrected chi connectivity index (χ0v) is 10.6. The smallest absolute Gasteiger partial charge is 0.300 e. The maximum Gasteiger partial charge on any atom is 0.300 e. The van der Waals surface area contributed by atoms with Crippen LogP contribution in [0.15, 0.2) is 11.4 Å². The van der Waals surface area contributed by atoms with Crippen molar-refractivity contribution >= 4 is 10.1 Å². The highest BCUT2D eigenvalue weighted by Gasteiger charge is 2.41. The Hall–Kier alpha value is -1.19. The molecule has 0 saturated heterocycles. The van der Waals surface area contributed by atoms with Gasteiger partial charge in [-0.3, -0.25) is 19.6 Å². The third-order valence-electron chi connectivity index (χ3n) is 2.84. The third kappa shape index (κ3) is 2.56. The first-order valence-electron chi connectivity index (χ1n) is 4.97. The Bertz CT molecular complexity index is 458. The number of rotatable bonds is 3. The Morgan fingerprint density at radius 2 is 2.12 bits per heavy atom. The number of nitro groups is 1. The van der Waals surface area contributed by atoms with Gasteiger partial charge in [0, 0.05) is 7.05 Å².